The molecule has 2 amide bonds. The van der Waals surface area contributed by atoms with E-state index in [1.807, 2.05) is 48.5 Å². The van der Waals surface area contributed by atoms with Crippen molar-refractivity contribution in [2.45, 2.75) is 20.1 Å². The number of imide groups is 1. The van der Waals surface area contributed by atoms with Crippen LogP contribution in [0.4, 0.5) is 0 Å². The van der Waals surface area contributed by atoms with Crippen LogP contribution < -0.4 is 18.9 Å². The predicted octanol–water partition coefficient (Wildman–Crippen LogP) is 4.74. The molecule has 9 heteroatoms. The summed E-state index contributed by atoms with van der Waals surface area (Å²) in [4.78, 5) is 38.5. The summed E-state index contributed by atoms with van der Waals surface area (Å²) in [6.45, 7) is 2.04. The predicted molar refractivity (Wildman–Crippen MR) is 140 cm³/mol. The number of methoxy groups -OCH3 is 2. The summed E-state index contributed by atoms with van der Waals surface area (Å²) < 4.78 is 22.5. The van der Waals surface area contributed by atoms with Gasteiger partial charge in [-0.2, -0.15) is 0 Å². The number of hydrogen-bond donors (Lipinski definition) is 0. The highest BCUT2D eigenvalue weighted by molar-refractivity contribution is 8.13. The molecule has 3 aromatic carbocycles. The SMILES string of the molecule is COc1ccc(COc2cc3c(cc2OCc2ccc(OC)cc2)C(=O)N(CCSC(C)=O)C3=O)cc1. The van der Waals surface area contributed by atoms with E-state index in [9.17, 15) is 14.4 Å². The molecule has 0 fully saturated rings. The number of ether oxygens (including phenoxy) is 4. The van der Waals surface area contributed by atoms with Gasteiger partial charge in [0.05, 0.1) is 25.3 Å². The lowest BCUT2D eigenvalue weighted by molar-refractivity contribution is -0.109. The fourth-order valence-corrected chi connectivity index (χ4v) is 4.33. The van der Waals surface area contributed by atoms with E-state index in [-0.39, 0.29) is 36.0 Å². The Morgan fingerprint density at radius 2 is 1.19 bits per heavy atom. The molecule has 0 unspecified atom stereocenters. The first-order chi connectivity index (χ1) is 17.9. The topological polar surface area (TPSA) is 91.4 Å². The maximum atomic E-state index is 13.0. The van der Waals surface area contributed by atoms with Crippen LogP contribution in [-0.2, 0) is 18.0 Å². The summed E-state index contributed by atoms with van der Waals surface area (Å²) >= 11 is 1.07. The molecule has 0 aromatic heterocycles. The first-order valence-corrected chi connectivity index (χ1v) is 12.6. The number of fused-ring (bicyclic) bond motifs is 1. The number of amides is 2. The van der Waals surface area contributed by atoms with Crippen molar-refractivity contribution in [1.29, 1.82) is 0 Å². The van der Waals surface area contributed by atoms with Crippen molar-refractivity contribution >= 4 is 28.7 Å². The minimum atomic E-state index is -0.417. The van der Waals surface area contributed by atoms with Gasteiger partial charge in [0, 0.05) is 19.2 Å². The smallest absolute Gasteiger partial charge is 0.261 e. The zero-order valence-corrected chi connectivity index (χ0v) is 21.6. The van der Waals surface area contributed by atoms with Crippen molar-refractivity contribution in [2.24, 2.45) is 0 Å². The lowest BCUT2D eigenvalue weighted by Gasteiger charge is -2.14. The number of carbonyl (C=O) groups is 3. The quantitative estimate of drug-likeness (QED) is 0.334. The number of benzene rings is 3. The number of carbonyl (C=O) groups excluding carboxylic acids is 3. The molecule has 0 bridgehead atoms. The van der Waals surface area contributed by atoms with Gasteiger partial charge in [-0.15, -0.1) is 0 Å². The lowest BCUT2D eigenvalue weighted by atomic mass is 10.1. The Balaban J connectivity index is 1.58. The average molecular weight is 522 g/mol. The van der Waals surface area contributed by atoms with Gasteiger partial charge in [-0.05, 0) is 47.5 Å². The van der Waals surface area contributed by atoms with Crippen LogP contribution in [0.2, 0.25) is 0 Å². The second-order valence-corrected chi connectivity index (χ2v) is 9.49. The second kappa shape index (κ2) is 11.8. The zero-order chi connectivity index (χ0) is 26.4. The molecule has 1 aliphatic rings. The molecule has 0 aliphatic carbocycles. The van der Waals surface area contributed by atoms with Crippen LogP contribution in [0.1, 0.15) is 38.8 Å². The Morgan fingerprint density at radius 1 is 0.757 bits per heavy atom. The van der Waals surface area contributed by atoms with Crippen LogP contribution >= 0.6 is 11.8 Å². The Bertz CT molecular complexity index is 1200. The molecule has 0 atom stereocenters. The van der Waals surface area contributed by atoms with Crippen molar-refractivity contribution in [3.05, 3.63) is 82.9 Å². The molecule has 0 spiro atoms. The molecule has 0 radical (unpaired) electrons. The average Bonchev–Trinajstić information content (AvgIpc) is 3.14. The molecule has 0 N–H and O–H groups in total. The molecule has 37 heavy (non-hydrogen) atoms. The van der Waals surface area contributed by atoms with Crippen molar-refractivity contribution in [3.8, 4) is 23.0 Å². The molecule has 192 valence electrons. The molecule has 1 aliphatic heterocycles. The van der Waals surface area contributed by atoms with Gasteiger partial charge >= 0.3 is 0 Å². The summed E-state index contributed by atoms with van der Waals surface area (Å²) in [5, 5.41) is -0.0694. The van der Waals surface area contributed by atoms with Gasteiger partial charge in [-0.1, -0.05) is 36.0 Å². The summed E-state index contributed by atoms with van der Waals surface area (Å²) in [7, 11) is 3.20. The van der Waals surface area contributed by atoms with E-state index < -0.39 is 11.8 Å². The number of hydrogen-bond acceptors (Lipinski definition) is 8. The lowest BCUT2D eigenvalue weighted by Crippen LogP contribution is -2.32. The summed E-state index contributed by atoms with van der Waals surface area (Å²) in [6, 6.07) is 18.0. The van der Waals surface area contributed by atoms with Gasteiger partial charge in [-0.25, -0.2) is 0 Å². The fourth-order valence-electron chi connectivity index (χ4n) is 3.77. The van der Waals surface area contributed by atoms with Gasteiger partial charge in [-0.3, -0.25) is 19.3 Å². The van der Waals surface area contributed by atoms with Gasteiger partial charge in [0.25, 0.3) is 11.8 Å². The van der Waals surface area contributed by atoms with Gasteiger partial charge in [0.1, 0.15) is 24.7 Å². The zero-order valence-electron chi connectivity index (χ0n) is 20.8. The summed E-state index contributed by atoms with van der Waals surface area (Å²) in [5.41, 5.74) is 2.29. The molecule has 0 saturated carbocycles. The number of nitrogens with zero attached hydrogens (tertiary/aromatic N) is 1. The summed E-state index contributed by atoms with van der Waals surface area (Å²) in [5.74, 6) is 1.67. The Morgan fingerprint density at radius 3 is 1.57 bits per heavy atom. The maximum Gasteiger partial charge on any atom is 0.261 e. The minimum absolute atomic E-state index is 0.0694. The van der Waals surface area contributed by atoms with Crippen LogP contribution in [0.3, 0.4) is 0 Å². The standard InChI is InChI=1S/C28H27NO7S/c1-18(30)37-13-12-29-27(31)23-14-25(35-16-19-4-8-21(33-2)9-5-19)26(15-24(23)28(29)32)36-17-20-6-10-22(34-3)11-7-20/h4-11,14-15H,12-13,16-17H2,1-3H3. The van der Waals surface area contributed by atoms with Crippen LogP contribution in [0, 0.1) is 0 Å². The molecular weight excluding hydrogens is 494 g/mol. The van der Waals surface area contributed by atoms with Gasteiger partial charge in [0.2, 0.25) is 0 Å². The fraction of sp³-hybridized carbons (Fsp3) is 0.250. The molecule has 3 aromatic rings. The maximum absolute atomic E-state index is 13.0. The van der Waals surface area contributed by atoms with Crippen molar-refractivity contribution in [1.82, 2.24) is 4.90 Å². The van der Waals surface area contributed by atoms with E-state index >= 15 is 0 Å². The van der Waals surface area contributed by atoms with Crippen LogP contribution in [0.15, 0.2) is 60.7 Å². The first-order valence-electron chi connectivity index (χ1n) is 11.6. The third-order valence-electron chi connectivity index (χ3n) is 5.76. The highest BCUT2D eigenvalue weighted by Gasteiger charge is 2.37. The van der Waals surface area contributed by atoms with E-state index in [1.165, 1.54) is 6.92 Å². The third kappa shape index (κ3) is 6.24. The van der Waals surface area contributed by atoms with Crippen LogP contribution in [-0.4, -0.2) is 48.3 Å². The molecule has 4 rings (SSSR count). The Kier molecular flexibility index (Phi) is 8.35. The molecule has 8 nitrogen and oxygen atoms in total. The first kappa shape index (κ1) is 26.1. The van der Waals surface area contributed by atoms with E-state index in [0.717, 1.165) is 39.3 Å². The van der Waals surface area contributed by atoms with E-state index in [1.54, 1.807) is 26.4 Å². The van der Waals surface area contributed by atoms with Crippen molar-refractivity contribution in [2.75, 3.05) is 26.5 Å². The molecule has 1 heterocycles. The molecule has 0 saturated heterocycles. The van der Waals surface area contributed by atoms with Gasteiger partial charge < -0.3 is 18.9 Å². The van der Waals surface area contributed by atoms with E-state index in [2.05, 4.69) is 0 Å². The van der Waals surface area contributed by atoms with Crippen LogP contribution in [0.25, 0.3) is 0 Å². The number of thioether (sulfide) groups is 1. The monoisotopic (exact) mass is 521 g/mol. The second-order valence-electron chi connectivity index (χ2n) is 8.22. The van der Waals surface area contributed by atoms with Crippen molar-refractivity contribution in [3.63, 3.8) is 0 Å². The normalized spacial score (nSPS) is 12.4. The summed E-state index contributed by atoms with van der Waals surface area (Å²) in [6.07, 6.45) is 0. The molecular formula is C28H27NO7S. The van der Waals surface area contributed by atoms with E-state index in [4.69, 9.17) is 18.9 Å². The number of rotatable bonds is 11. The minimum Gasteiger partial charge on any atom is -0.497 e. The highest BCUT2D eigenvalue weighted by Crippen LogP contribution is 2.36. The van der Waals surface area contributed by atoms with Crippen LogP contribution in [0.5, 0.6) is 23.0 Å². The largest absolute Gasteiger partial charge is 0.497 e. The highest BCUT2D eigenvalue weighted by atomic mass is 32.2. The van der Waals surface area contributed by atoms with Crippen molar-refractivity contribution < 1.29 is 33.3 Å². The third-order valence-corrected chi connectivity index (χ3v) is 6.56. The van der Waals surface area contributed by atoms with Gasteiger partial charge in [0.15, 0.2) is 16.6 Å². The van der Waals surface area contributed by atoms with E-state index in [0.29, 0.717) is 17.3 Å². The Labute approximate surface area is 219 Å². The Hall–Kier alpha value is -3.98.